The van der Waals surface area contributed by atoms with Gasteiger partial charge in [-0.3, -0.25) is 0 Å². The van der Waals surface area contributed by atoms with Crippen LogP contribution in [0, 0.1) is 0 Å². The molecular weight excluding hydrogens is 164 g/mol. The third kappa shape index (κ3) is 0.920. The maximum absolute atomic E-state index is 11.2. The Morgan fingerprint density at radius 1 is 1.45 bits per heavy atom. The highest BCUT2D eigenvalue weighted by molar-refractivity contribution is 7.91. The fourth-order valence-corrected chi connectivity index (χ4v) is 2.55. The topological polar surface area (TPSA) is 59.9 Å². The number of hydrogen-bond donors (Lipinski definition) is 0. The quantitative estimate of drug-likeness (QED) is 0.541. The van der Waals surface area contributed by atoms with E-state index in [4.69, 9.17) is 0 Å². The summed E-state index contributed by atoms with van der Waals surface area (Å²) in [4.78, 5) is 7.83. The summed E-state index contributed by atoms with van der Waals surface area (Å²) in [6.45, 7) is 0. The predicted molar refractivity (Wildman–Crippen MR) is 37.8 cm³/mol. The normalized spacial score (nSPS) is 19.6. The van der Waals surface area contributed by atoms with Gasteiger partial charge < -0.3 is 0 Å². The molecule has 0 aliphatic carbocycles. The Kier molecular flexibility index (Phi) is 1.23. The summed E-state index contributed by atoms with van der Waals surface area (Å²) in [7, 11) is -3.03. The number of aromatic nitrogens is 2. The monoisotopic (exact) mass is 170 g/mol. The Morgan fingerprint density at radius 2 is 2.27 bits per heavy atom. The molecule has 4 nitrogen and oxygen atoms in total. The van der Waals surface area contributed by atoms with Gasteiger partial charge in [-0.25, -0.2) is 18.4 Å². The smallest absolute Gasteiger partial charge is 0.182 e. The Balaban J connectivity index is 2.75. The lowest BCUT2D eigenvalue weighted by atomic mass is 10.3. The molecule has 11 heavy (non-hydrogen) atoms. The number of aryl methyl sites for hydroxylation is 1. The first kappa shape index (κ1) is 6.72. The highest BCUT2D eigenvalue weighted by Crippen LogP contribution is 2.21. The maximum Gasteiger partial charge on any atom is 0.182 e. The second-order valence-corrected chi connectivity index (χ2v) is 4.48. The van der Waals surface area contributed by atoms with E-state index in [0.717, 1.165) is 0 Å². The molecule has 1 aromatic rings. The van der Waals surface area contributed by atoms with Gasteiger partial charge in [-0.05, 0) is 0 Å². The van der Waals surface area contributed by atoms with Crippen molar-refractivity contribution < 1.29 is 8.42 Å². The molecule has 0 atom stereocenters. The zero-order valence-electron chi connectivity index (χ0n) is 5.69. The minimum absolute atomic E-state index is 0.182. The van der Waals surface area contributed by atoms with Gasteiger partial charge in [0.25, 0.3) is 0 Å². The Hall–Kier alpha value is -0.970. The highest BCUT2D eigenvalue weighted by Gasteiger charge is 2.26. The van der Waals surface area contributed by atoms with Gasteiger partial charge in [0.15, 0.2) is 9.84 Å². The molecule has 0 saturated carbocycles. The first-order valence-corrected chi connectivity index (χ1v) is 4.87. The third-order valence-corrected chi connectivity index (χ3v) is 3.45. The fourth-order valence-electron chi connectivity index (χ4n) is 1.13. The van der Waals surface area contributed by atoms with Crippen LogP contribution in [0.2, 0.25) is 0 Å². The van der Waals surface area contributed by atoms with Crippen molar-refractivity contribution in [3.05, 3.63) is 18.2 Å². The molecule has 1 aromatic heterocycles. The van der Waals surface area contributed by atoms with Gasteiger partial charge in [0.1, 0.15) is 11.2 Å². The van der Waals surface area contributed by atoms with Crippen LogP contribution in [0.4, 0.5) is 0 Å². The Labute approximate surface area is 64.2 Å². The van der Waals surface area contributed by atoms with Crippen LogP contribution in [0.25, 0.3) is 0 Å². The second-order valence-electron chi connectivity index (χ2n) is 2.40. The van der Waals surface area contributed by atoms with Gasteiger partial charge in [-0.2, -0.15) is 0 Å². The first-order valence-electron chi connectivity index (χ1n) is 3.22. The molecule has 0 bridgehead atoms. The molecule has 0 N–H and O–H groups in total. The summed E-state index contributed by atoms with van der Waals surface area (Å²) >= 11 is 0. The molecule has 0 aromatic carbocycles. The number of nitrogens with zero attached hydrogens (tertiary/aromatic N) is 2. The molecule has 0 spiro atoms. The molecule has 0 saturated heterocycles. The maximum atomic E-state index is 11.2. The Morgan fingerprint density at radius 3 is 3.00 bits per heavy atom. The zero-order chi connectivity index (χ0) is 7.90. The number of hydrogen-bond acceptors (Lipinski definition) is 4. The molecule has 0 fully saturated rings. The van der Waals surface area contributed by atoms with Gasteiger partial charge >= 0.3 is 0 Å². The highest BCUT2D eigenvalue weighted by atomic mass is 32.2. The van der Waals surface area contributed by atoms with Crippen LogP contribution >= 0.6 is 0 Å². The van der Waals surface area contributed by atoms with Crippen LogP contribution in [-0.2, 0) is 16.3 Å². The number of rotatable bonds is 0. The lowest BCUT2D eigenvalue weighted by Gasteiger charge is -1.92. The van der Waals surface area contributed by atoms with Crippen LogP contribution < -0.4 is 0 Å². The van der Waals surface area contributed by atoms with E-state index in [9.17, 15) is 8.42 Å². The van der Waals surface area contributed by atoms with Crippen LogP contribution in [-0.4, -0.2) is 24.1 Å². The Bertz CT molecular complexity index is 385. The number of sulfone groups is 1. The number of fused-ring (bicyclic) bond motifs is 1. The van der Waals surface area contributed by atoms with Gasteiger partial charge in [-0.15, -0.1) is 0 Å². The average molecular weight is 170 g/mol. The van der Waals surface area contributed by atoms with Crippen LogP contribution in [0.3, 0.4) is 0 Å². The fraction of sp³-hybridized carbons (Fsp3) is 0.333. The van der Waals surface area contributed by atoms with E-state index in [1.54, 1.807) is 0 Å². The molecule has 5 heteroatoms. The largest absolute Gasteiger partial charge is 0.243 e. The van der Waals surface area contributed by atoms with E-state index in [0.29, 0.717) is 17.0 Å². The second kappa shape index (κ2) is 2.01. The minimum Gasteiger partial charge on any atom is -0.243 e. The molecule has 0 radical (unpaired) electrons. The van der Waals surface area contributed by atoms with Gasteiger partial charge in [0.2, 0.25) is 0 Å². The standard InChI is InChI=1S/C6H6N2O2S/c9-11(10)2-1-5-6(11)3-7-4-8-5/h3-4H,1-2H2. The molecule has 2 heterocycles. The summed E-state index contributed by atoms with van der Waals surface area (Å²) in [5.41, 5.74) is 0.653. The van der Waals surface area contributed by atoms with E-state index in [1.165, 1.54) is 12.5 Å². The summed E-state index contributed by atoms with van der Waals surface area (Å²) < 4.78 is 22.3. The summed E-state index contributed by atoms with van der Waals surface area (Å²) in [6, 6.07) is 0. The van der Waals surface area contributed by atoms with Crippen molar-refractivity contribution in [2.24, 2.45) is 0 Å². The lowest BCUT2D eigenvalue weighted by molar-refractivity contribution is 0.599. The summed E-state index contributed by atoms with van der Waals surface area (Å²) in [6.07, 6.45) is 3.27. The third-order valence-electron chi connectivity index (χ3n) is 1.70. The van der Waals surface area contributed by atoms with Crippen molar-refractivity contribution in [2.75, 3.05) is 5.75 Å². The van der Waals surface area contributed by atoms with Crippen molar-refractivity contribution in [3.63, 3.8) is 0 Å². The van der Waals surface area contributed by atoms with E-state index >= 15 is 0 Å². The van der Waals surface area contributed by atoms with E-state index in [-0.39, 0.29) is 5.75 Å². The predicted octanol–water partition coefficient (Wildman–Crippen LogP) is -0.194. The molecule has 0 unspecified atom stereocenters. The van der Waals surface area contributed by atoms with Crippen LogP contribution in [0.1, 0.15) is 5.69 Å². The molecule has 1 aliphatic rings. The van der Waals surface area contributed by atoms with Crippen molar-refractivity contribution in [1.29, 1.82) is 0 Å². The SMILES string of the molecule is O=S1(=O)CCc2ncncc21. The first-order chi connectivity index (χ1) is 5.20. The van der Waals surface area contributed by atoms with E-state index < -0.39 is 9.84 Å². The van der Waals surface area contributed by atoms with Crippen molar-refractivity contribution in [2.45, 2.75) is 11.3 Å². The summed E-state index contributed by atoms with van der Waals surface area (Å²) in [5, 5.41) is 0. The van der Waals surface area contributed by atoms with Gasteiger partial charge in [0.05, 0.1) is 11.4 Å². The molecule has 2 rings (SSSR count). The van der Waals surface area contributed by atoms with Crippen LogP contribution in [0.15, 0.2) is 17.4 Å². The minimum atomic E-state index is -3.03. The van der Waals surface area contributed by atoms with Gasteiger partial charge in [0, 0.05) is 12.6 Å². The van der Waals surface area contributed by atoms with Crippen molar-refractivity contribution in [3.8, 4) is 0 Å². The van der Waals surface area contributed by atoms with Gasteiger partial charge in [-0.1, -0.05) is 0 Å². The van der Waals surface area contributed by atoms with E-state index in [2.05, 4.69) is 9.97 Å². The molecular formula is C6H6N2O2S. The van der Waals surface area contributed by atoms with Crippen molar-refractivity contribution in [1.82, 2.24) is 9.97 Å². The molecule has 0 amide bonds. The molecule has 1 aliphatic heterocycles. The average Bonchev–Trinajstić information content (AvgIpc) is 2.29. The lowest BCUT2D eigenvalue weighted by Crippen LogP contribution is -1.98. The summed E-state index contributed by atoms with van der Waals surface area (Å²) in [5.74, 6) is 0.182. The zero-order valence-corrected chi connectivity index (χ0v) is 6.50. The van der Waals surface area contributed by atoms with Crippen LogP contribution in [0.5, 0.6) is 0 Å². The van der Waals surface area contributed by atoms with Crippen molar-refractivity contribution >= 4 is 9.84 Å². The van der Waals surface area contributed by atoms with E-state index in [1.807, 2.05) is 0 Å². The molecule has 58 valence electrons.